The summed E-state index contributed by atoms with van der Waals surface area (Å²) in [4.78, 5) is 14.0. The Kier molecular flexibility index (Phi) is 4.30. The van der Waals surface area contributed by atoms with Gasteiger partial charge in [0.05, 0.1) is 0 Å². The fraction of sp³-hybridized carbons (Fsp3) is 0.533. The molecule has 1 aliphatic heterocycles. The number of carbonyl (C=O) groups excluding carboxylic acids is 1. The van der Waals surface area contributed by atoms with Crippen molar-refractivity contribution in [1.82, 2.24) is 0 Å². The van der Waals surface area contributed by atoms with Gasteiger partial charge in [0.2, 0.25) is 5.91 Å². The van der Waals surface area contributed by atoms with E-state index in [-0.39, 0.29) is 11.8 Å². The number of rotatable bonds is 4. The molecule has 0 N–H and O–H groups in total. The Morgan fingerprint density at radius 2 is 1.84 bits per heavy atom. The Bertz CT molecular complexity index is 455. The fourth-order valence-corrected chi connectivity index (χ4v) is 2.28. The quantitative estimate of drug-likeness (QED) is 0.838. The summed E-state index contributed by atoms with van der Waals surface area (Å²) in [5, 5.41) is 0. The molecule has 1 aromatic carbocycles. The molecule has 0 atom stereocenters. The zero-order valence-electron chi connectivity index (χ0n) is 11.8. The maximum Gasteiger partial charge on any atom is 0.229 e. The highest BCUT2D eigenvalue weighted by Crippen LogP contribution is 2.34. The average molecular weight is 263 g/mol. The third-order valence-electron chi connectivity index (χ3n) is 3.58. The van der Waals surface area contributed by atoms with Crippen LogP contribution in [0.1, 0.15) is 26.7 Å². The highest BCUT2D eigenvalue weighted by Gasteiger charge is 2.21. The number of anilines is 1. The minimum Gasteiger partial charge on any atom is -0.486 e. The van der Waals surface area contributed by atoms with E-state index in [4.69, 9.17) is 9.47 Å². The summed E-state index contributed by atoms with van der Waals surface area (Å²) in [5.41, 5.74) is 0.848. The largest absolute Gasteiger partial charge is 0.486 e. The summed E-state index contributed by atoms with van der Waals surface area (Å²) in [7, 11) is 1.81. The van der Waals surface area contributed by atoms with Crippen molar-refractivity contribution in [1.29, 1.82) is 0 Å². The minimum atomic E-state index is 0.0817. The molecule has 0 spiro atoms. The Hall–Kier alpha value is -1.71. The number of benzene rings is 1. The van der Waals surface area contributed by atoms with Crippen LogP contribution in [0.2, 0.25) is 0 Å². The molecule has 1 aromatic rings. The van der Waals surface area contributed by atoms with Crippen molar-refractivity contribution < 1.29 is 14.3 Å². The number of ether oxygens (including phenoxy) is 2. The molecule has 0 saturated heterocycles. The number of carbonyl (C=O) groups is 1. The lowest BCUT2D eigenvalue weighted by molar-refractivity contribution is -0.122. The van der Waals surface area contributed by atoms with Gasteiger partial charge in [-0.1, -0.05) is 13.8 Å². The smallest absolute Gasteiger partial charge is 0.229 e. The summed E-state index contributed by atoms with van der Waals surface area (Å²) in [6, 6.07) is 5.63. The van der Waals surface area contributed by atoms with Gasteiger partial charge < -0.3 is 14.4 Å². The first kappa shape index (κ1) is 13.7. The monoisotopic (exact) mass is 263 g/mol. The van der Waals surface area contributed by atoms with Crippen LogP contribution in [0.25, 0.3) is 0 Å². The van der Waals surface area contributed by atoms with Gasteiger partial charge in [-0.2, -0.15) is 0 Å². The number of hydrogen-bond acceptors (Lipinski definition) is 3. The van der Waals surface area contributed by atoms with Gasteiger partial charge >= 0.3 is 0 Å². The van der Waals surface area contributed by atoms with Crippen LogP contribution >= 0.6 is 0 Å². The predicted octanol–water partition coefficient (Wildman–Crippen LogP) is 2.86. The van der Waals surface area contributed by atoms with Crippen molar-refractivity contribution in [3.05, 3.63) is 18.2 Å². The Balaban J connectivity index is 2.19. The molecule has 19 heavy (non-hydrogen) atoms. The molecule has 0 unspecified atom stereocenters. The highest BCUT2D eigenvalue weighted by atomic mass is 16.6. The lowest BCUT2D eigenvalue weighted by Crippen LogP contribution is -2.32. The van der Waals surface area contributed by atoms with Crippen molar-refractivity contribution in [3.8, 4) is 11.5 Å². The molecule has 1 aliphatic rings. The van der Waals surface area contributed by atoms with E-state index in [1.54, 1.807) is 4.90 Å². The molecule has 1 heterocycles. The van der Waals surface area contributed by atoms with Gasteiger partial charge in [0.15, 0.2) is 11.5 Å². The van der Waals surface area contributed by atoms with E-state index in [0.717, 1.165) is 24.3 Å². The fourth-order valence-electron chi connectivity index (χ4n) is 2.28. The summed E-state index contributed by atoms with van der Waals surface area (Å²) >= 11 is 0. The van der Waals surface area contributed by atoms with E-state index in [2.05, 4.69) is 0 Å². The highest BCUT2D eigenvalue weighted by molar-refractivity contribution is 5.94. The molecule has 0 bridgehead atoms. The third-order valence-corrected chi connectivity index (χ3v) is 3.58. The molecule has 4 heteroatoms. The lowest BCUT2D eigenvalue weighted by Gasteiger charge is -2.24. The molecular formula is C15H21NO3. The maximum atomic E-state index is 12.3. The molecule has 0 saturated carbocycles. The Labute approximate surface area is 114 Å². The van der Waals surface area contributed by atoms with Crippen molar-refractivity contribution in [2.24, 2.45) is 5.92 Å². The van der Waals surface area contributed by atoms with Gasteiger partial charge in [-0.3, -0.25) is 4.79 Å². The van der Waals surface area contributed by atoms with E-state index >= 15 is 0 Å². The minimum absolute atomic E-state index is 0.0817. The molecule has 1 amide bonds. The summed E-state index contributed by atoms with van der Waals surface area (Å²) in [5.74, 6) is 1.70. The van der Waals surface area contributed by atoms with Crippen LogP contribution in [0.3, 0.4) is 0 Å². The van der Waals surface area contributed by atoms with Crippen LogP contribution in [0.4, 0.5) is 5.69 Å². The van der Waals surface area contributed by atoms with Crippen LogP contribution in [0, 0.1) is 5.92 Å². The van der Waals surface area contributed by atoms with Crippen molar-refractivity contribution >= 4 is 11.6 Å². The number of nitrogens with zero attached hydrogens (tertiary/aromatic N) is 1. The van der Waals surface area contributed by atoms with E-state index in [0.29, 0.717) is 19.0 Å². The second-order valence-electron chi connectivity index (χ2n) is 4.74. The molecule has 2 rings (SSSR count). The second kappa shape index (κ2) is 5.95. The van der Waals surface area contributed by atoms with Crippen LogP contribution < -0.4 is 14.4 Å². The van der Waals surface area contributed by atoms with Gasteiger partial charge in [0.1, 0.15) is 13.2 Å². The third kappa shape index (κ3) is 2.83. The normalized spacial score (nSPS) is 13.5. The van der Waals surface area contributed by atoms with Crippen LogP contribution in [-0.2, 0) is 4.79 Å². The topological polar surface area (TPSA) is 38.8 Å². The van der Waals surface area contributed by atoms with Crippen molar-refractivity contribution in [3.63, 3.8) is 0 Å². The first-order valence-corrected chi connectivity index (χ1v) is 6.84. The van der Waals surface area contributed by atoms with E-state index in [9.17, 15) is 4.79 Å². The Morgan fingerprint density at radius 3 is 2.47 bits per heavy atom. The first-order chi connectivity index (χ1) is 9.17. The first-order valence-electron chi connectivity index (χ1n) is 6.84. The van der Waals surface area contributed by atoms with Gasteiger partial charge in [-0.15, -0.1) is 0 Å². The summed E-state index contributed by atoms with van der Waals surface area (Å²) in [6.07, 6.45) is 1.73. The standard InChI is InChI=1S/C15H21NO3/c1-4-11(5-2)15(17)16(3)12-6-7-13-14(10-12)19-9-8-18-13/h6-7,10-11H,4-5,8-9H2,1-3H3. The zero-order chi connectivity index (χ0) is 13.8. The maximum absolute atomic E-state index is 12.3. The van der Waals surface area contributed by atoms with Gasteiger partial charge in [-0.25, -0.2) is 0 Å². The molecule has 4 nitrogen and oxygen atoms in total. The van der Waals surface area contributed by atoms with Gasteiger partial charge in [0, 0.05) is 24.7 Å². The summed E-state index contributed by atoms with van der Waals surface area (Å²) < 4.78 is 11.0. The Morgan fingerprint density at radius 1 is 1.21 bits per heavy atom. The van der Waals surface area contributed by atoms with Crippen LogP contribution in [0.5, 0.6) is 11.5 Å². The van der Waals surface area contributed by atoms with Crippen molar-refractivity contribution in [2.45, 2.75) is 26.7 Å². The van der Waals surface area contributed by atoms with Gasteiger partial charge in [0.25, 0.3) is 0 Å². The second-order valence-corrected chi connectivity index (χ2v) is 4.74. The van der Waals surface area contributed by atoms with E-state index < -0.39 is 0 Å². The number of hydrogen-bond donors (Lipinski definition) is 0. The zero-order valence-corrected chi connectivity index (χ0v) is 11.8. The molecule has 0 fully saturated rings. The SMILES string of the molecule is CCC(CC)C(=O)N(C)c1ccc2c(c1)OCCO2. The molecule has 0 aliphatic carbocycles. The molecule has 104 valence electrons. The van der Waals surface area contributed by atoms with Crippen molar-refractivity contribution in [2.75, 3.05) is 25.2 Å². The molecule has 0 radical (unpaired) electrons. The molecule has 0 aromatic heterocycles. The average Bonchev–Trinajstić information content (AvgIpc) is 2.47. The number of amides is 1. The van der Waals surface area contributed by atoms with E-state index in [1.165, 1.54) is 0 Å². The van der Waals surface area contributed by atoms with Gasteiger partial charge in [-0.05, 0) is 25.0 Å². The predicted molar refractivity (Wildman–Crippen MR) is 74.9 cm³/mol. The molecular weight excluding hydrogens is 242 g/mol. The lowest BCUT2D eigenvalue weighted by atomic mass is 10.0. The van der Waals surface area contributed by atoms with Crippen LogP contribution in [-0.4, -0.2) is 26.2 Å². The van der Waals surface area contributed by atoms with Crippen LogP contribution in [0.15, 0.2) is 18.2 Å². The van der Waals surface area contributed by atoms with E-state index in [1.807, 2.05) is 39.1 Å². The number of fused-ring (bicyclic) bond motifs is 1. The summed E-state index contributed by atoms with van der Waals surface area (Å²) in [6.45, 7) is 5.23.